The maximum absolute atomic E-state index is 10.7. The third kappa shape index (κ3) is 3.02. The standard InChI is InChI=1S/C10H12N2O2.ClH/c11-8-3-1-7(2-4-8)5-9-6-12-10(13)14-9;/h1-4,9H,5-6,11H2,(H,12,13);1H. The quantitative estimate of drug-likeness (QED) is 0.751. The number of amides is 1. The van der Waals surface area contributed by atoms with Gasteiger partial charge in [-0.2, -0.15) is 0 Å². The number of nitrogen functional groups attached to an aromatic ring is 1. The van der Waals surface area contributed by atoms with Crippen LogP contribution in [0.2, 0.25) is 0 Å². The van der Waals surface area contributed by atoms with E-state index in [1.807, 2.05) is 24.3 Å². The Morgan fingerprint density at radius 3 is 2.60 bits per heavy atom. The zero-order chi connectivity index (χ0) is 9.97. The van der Waals surface area contributed by atoms with Gasteiger partial charge in [0.25, 0.3) is 0 Å². The molecule has 1 aliphatic rings. The smallest absolute Gasteiger partial charge is 0.407 e. The van der Waals surface area contributed by atoms with E-state index < -0.39 is 0 Å². The number of cyclic esters (lactones) is 1. The Balaban J connectivity index is 0.00000112. The van der Waals surface area contributed by atoms with Gasteiger partial charge >= 0.3 is 6.09 Å². The summed E-state index contributed by atoms with van der Waals surface area (Å²) in [4.78, 5) is 10.7. The first-order valence-electron chi connectivity index (χ1n) is 4.53. The number of hydrogen-bond donors (Lipinski definition) is 2. The topological polar surface area (TPSA) is 64.3 Å². The molecular weight excluding hydrogens is 216 g/mol. The minimum atomic E-state index is -0.328. The van der Waals surface area contributed by atoms with Gasteiger partial charge in [0.2, 0.25) is 0 Å². The van der Waals surface area contributed by atoms with Crippen molar-refractivity contribution >= 4 is 24.2 Å². The molecule has 15 heavy (non-hydrogen) atoms. The third-order valence-corrected chi connectivity index (χ3v) is 2.19. The maximum atomic E-state index is 10.7. The first-order valence-corrected chi connectivity index (χ1v) is 4.53. The van der Waals surface area contributed by atoms with Gasteiger partial charge in [0.05, 0.1) is 6.54 Å². The van der Waals surface area contributed by atoms with E-state index in [4.69, 9.17) is 10.5 Å². The van der Waals surface area contributed by atoms with Crippen molar-refractivity contribution in [1.29, 1.82) is 0 Å². The van der Waals surface area contributed by atoms with Gasteiger partial charge in [-0.1, -0.05) is 12.1 Å². The summed E-state index contributed by atoms with van der Waals surface area (Å²) in [6, 6.07) is 7.59. The van der Waals surface area contributed by atoms with Crippen LogP contribution in [0.4, 0.5) is 10.5 Å². The van der Waals surface area contributed by atoms with Gasteiger partial charge in [-0.15, -0.1) is 12.4 Å². The molecule has 1 fully saturated rings. The van der Waals surface area contributed by atoms with Gasteiger partial charge in [0, 0.05) is 12.1 Å². The number of rotatable bonds is 2. The van der Waals surface area contributed by atoms with Crippen LogP contribution in [-0.4, -0.2) is 18.7 Å². The van der Waals surface area contributed by atoms with E-state index in [0.29, 0.717) is 6.54 Å². The van der Waals surface area contributed by atoms with Crippen molar-refractivity contribution in [2.75, 3.05) is 12.3 Å². The summed E-state index contributed by atoms with van der Waals surface area (Å²) in [6.07, 6.45) is 0.357. The second-order valence-corrected chi connectivity index (χ2v) is 3.35. The lowest BCUT2D eigenvalue weighted by Crippen LogP contribution is -2.16. The number of alkyl carbamates (subject to hydrolysis) is 1. The Kier molecular flexibility index (Phi) is 3.80. The average Bonchev–Trinajstić information content (AvgIpc) is 2.56. The number of ether oxygens (including phenoxy) is 1. The molecule has 1 heterocycles. The predicted octanol–water partition coefficient (Wildman–Crippen LogP) is 1.34. The van der Waals surface area contributed by atoms with Crippen LogP contribution in [0, 0.1) is 0 Å². The first kappa shape index (κ1) is 11.7. The lowest BCUT2D eigenvalue weighted by Gasteiger charge is -2.07. The number of nitrogens with two attached hydrogens (primary N) is 1. The molecular formula is C10H13ClN2O2. The van der Waals surface area contributed by atoms with E-state index >= 15 is 0 Å². The minimum Gasteiger partial charge on any atom is -0.444 e. The largest absolute Gasteiger partial charge is 0.444 e. The SMILES string of the molecule is Cl.Nc1ccc(CC2CNC(=O)O2)cc1. The molecule has 0 saturated carbocycles. The van der Waals surface area contributed by atoms with Crippen molar-refractivity contribution in [3.05, 3.63) is 29.8 Å². The zero-order valence-corrected chi connectivity index (χ0v) is 8.92. The highest BCUT2D eigenvalue weighted by Crippen LogP contribution is 2.11. The Morgan fingerprint density at radius 2 is 2.07 bits per heavy atom. The Bertz CT molecular complexity index is 340. The summed E-state index contributed by atoms with van der Waals surface area (Å²) in [5.41, 5.74) is 7.43. The average molecular weight is 229 g/mol. The molecule has 1 atom stereocenters. The minimum absolute atomic E-state index is 0. The summed E-state index contributed by atoms with van der Waals surface area (Å²) in [5.74, 6) is 0. The molecule has 1 amide bonds. The molecule has 0 aliphatic carbocycles. The summed E-state index contributed by atoms with van der Waals surface area (Å²) in [7, 11) is 0. The number of carbonyl (C=O) groups excluding carboxylic acids is 1. The van der Waals surface area contributed by atoms with Crippen molar-refractivity contribution in [3.63, 3.8) is 0 Å². The summed E-state index contributed by atoms with van der Waals surface area (Å²) in [6.45, 7) is 0.587. The van der Waals surface area contributed by atoms with Gasteiger partial charge in [0.15, 0.2) is 0 Å². The van der Waals surface area contributed by atoms with Crippen LogP contribution in [0.3, 0.4) is 0 Å². The highest BCUT2D eigenvalue weighted by molar-refractivity contribution is 5.85. The monoisotopic (exact) mass is 228 g/mol. The van der Waals surface area contributed by atoms with E-state index in [2.05, 4.69) is 5.32 Å². The molecule has 5 heteroatoms. The molecule has 1 aliphatic heterocycles. The maximum Gasteiger partial charge on any atom is 0.407 e. The van der Waals surface area contributed by atoms with Crippen LogP contribution >= 0.6 is 12.4 Å². The molecule has 0 bridgehead atoms. The van der Waals surface area contributed by atoms with Crippen LogP contribution in [0.1, 0.15) is 5.56 Å². The fourth-order valence-electron chi connectivity index (χ4n) is 1.46. The molecule has 0 radical (unpaired) electrons. The lowest BCUT2D eigenvalue weighted by atomic mass is 10.1. The normalized spacial score (nSPS) is 18.9. The van der Waals surface area contributed by atoms with Crippen LogP contribution in [0.15, 0.2) is 24.3 Å². The van der Waals surface area contributed by atoms with E-state index in [1.165, 1.54) is 0 Å². The summed E-state index contributed by atoms with van der Waals surface area (Å²) >= 11 is 0. The third-order valence-electron chi connectivity index (χ3n) is 2.19. The van der Waals surface area contributed by atoms with E-state index in [-0.39, 0.29) is 24.6 Å². The number of nitrogens with one attached hydrogen (secondary N) is 1. The van der Waals surface area contributed by atoms with Crippen molar-refractivity contribution in [2.45, 2.75) is 12.5 Å². The van der Waals surface area contributed by atoms with Crippen molar-refractivity contribution in [2.24, 2.45) is 0 Å². The van der Waals surface area contributed by atoms with E-state index in [0.717, 1.165) is 17.7 Å². The predicted molar refractivity (Wildman–Crippen MR) is 60.1 cm³/mol. The number of anilines is 1. The van der Waals surface area contributed by atoms with Crippen LogP contribution < -0.4 is 11.1 Å². The highest BCUT2D eigenvalue weighted by Gasteiger charge is 2.22. The van der Waals surface area contributed by atoms with Crippen LogP contribution in [0.25, 0.3) is 0 Å². The number of benzene rings is 1. The molecule has 1 aromatic rings. The number of carbonyl (C=O) groups is 1. The second kappa shape index (κ2) is 4.89. The molecule has 82 valence electrons. The van der Waals surface area contributed by atoms with Gasteiger partial charge in [-0.3, -0.25) is 0 Å². The Labute approximate surface area is 94.2 Å². The molecule has 1 saturated heterocycles. The molecule has 1 aromatic carbocycles. The molecule has 4 nitrogen and oxygen atoms in total. The number of halogens is 1. The Morgan fingerprint density at radius 1 is 1.40 bits per heavy atom. The molecule has 0 aromatic heterocycles. The van der Waals surface area contributed by atoms with Gasteiger partial charge in [0.1, 0.15) is 6.10 Å². The first-order chi connectivity index (χ1) is 6.74. The van der Waals surface area contributed by atoms with Crippen molar-refractivity contribution < 1.29 is 9.53 Å². The zero-order valence-electron chi connectivity index (χ0n) is 8.10. The van der Waals surface area contributed by atoms with E-state index in [9.17, 15) is 4.79 Å². The molecule has 1 unspecified atom stereocenters. The molecule has 2 rings (SSSR count). The van der Waals surface area contributed by atoms with Crippen LogP contribution in [0.5, 0.6) is 0 Å². The summed E-state index contributed by atoms with van der Waals surface area (Å²) in [5, 5.41) is 2.62. The fraction of sp³-hybridized carbons (Fsp3) is 0.300. The van der Waals surface area contributed by atoms with Crippen molar-refractivity contribution in [3.8, 4) is 0 Å². The van der Waals surface area contributed by atoms with Crippen molar-refractivity contribution in [1.82, 2.24) is 5.32 Å². The molecule has 0 spiro atoms. The van der Waals surface area contributed by atoms with E-state index in [1.54, 1.807) is 0 Å². The van der Waals surface area contributed by atoms with Gasteiger partial charge in [-0.05, 0) is 17.7 Å². The highest BCUT2D eigenvalue weighted by atomic mass is 35.5. The fourth-order valence-corrected chi connectivity index (χ4v) is 1.46. The van der Waals surface area contributed by atoms with Gasteiger partial charge in [-0.25, -0.2) is 4.79 Å². The lowest BCUT2D eigenvalue weighted by molar-refractivity contribution is 0.140. The Hall–Kier alpha value is -1.42. The second-order valence-electron chi connectivity index (χ2n) is 3.35. The summed E-state index contributed by atoms with van der Waals surface area (Å²) < 4.78 is 5.01. The number of hydrogen-bond acceptors (Lipinski definition) is 3. The molecule has 3 N–H and O–H groups in total. The van der Waals surface area contributed by atoms with Gasteiger partial charge < -0.3 is 15.8 Å². The van der Waals surface area contributed by atoms with Crippen LogP contribution in [-0.2, 0) is 11.2 Å².